The van der Waals surface area contributed by atoms with Gasteiger partial charge in [-0.05, 0) is 55.2 Å². The van der Waals surface area contributed by atoms with Gasteiger partial charge in [0.1, 0.15) is 24.4 Å². The second-order valence-electron chi connectivity index (χ2n) is 8.86. The Labute approximate surface area is 215 Å². The van der Waals surface area contributed by atoms with Gasteiger partial charge in [0.15, 0.2) is 35.4 Å². The summed E-state index contributed by atoms with van der Waals surface area (Å²) < 4.78 is 27.4. The highest BCUT2D eigenvalue weighted by atomic mass is 16.7. The molecular formula is C26H36O11. The van der Waals surface area contributed by atoms with Crippen LogP contribution < -0.4 is 14.2 Å². The Morgan fingerprint density at radius 2 is 1.65 bits per heavy atom. The molecule has 0 spiro atoms. The summed E-state index contributed by atoms with van der Waals surface area (Å²) in [7, 11) is 2.88. The van der Waals surface area contributed by atoms with E-state index in [0.29, 0.717) is 29.9 Å². The van der Waals surface area contributed by atoms with Crippen LogP contribution in [0, 0.1) is 0 Å². The van der Waals surface area contributed by atoms with Crippen LogP contribution in [0.5, 0.6) is 23.0 Å². The van der Waals surface area contributed by atoms with E-state index < -0.39 is 49.5 Å². The van der Waals surface area contributed by atoms with Crippen molar-refractivity contribution in [2.24, 2.45) is 0 Å². The summed E-state index contributed by atoms with van der Waals surface area (Å²) >= 11 is 0. The van der Waals surface area contributed by atoms with Gasteiger partial charge in [0.25, 0.3) is 0 Å². The summed E-state index contributed by atoms with van der Waals surface area (Å²) in [5, 5.41) is 60.1. The Kier molecular flexibility index (Phi) is 10.4. The number of benzene rings is 2. The first-order valence-electron chi connectivity index (χ1n) is 12.0. The Morgan fingerprint density at radius 3 is 2.32 bits per heavy atom. The van der Waals surface area contributed by atoms with Crippen molar-refractivity contribution < 1.29 is 54.3 Å². The van der Waals surface area contributed by atoms with Gasteiger partial charge in [-0.3, -0.25) is 0 Å². The number of aliphatic hydroxyl groups excluding tert-OH is 5. The Morgan fingerprint density at radius 1 is 0.919 bits per heavy atom. The van der Waals surface area contributed by atoms with Gasteiger partial charge in [-0.25, -0.2) is 0 Å². The number of methoxy groups -OCH3 is 2. The van der Waals surface area contributed by atoms with Crippen molar-refractivity contribution in [3.8, 4) is 23.0 Å². The fourth-order valence-corrected chi connectivity index (χ4v) is 4.05. The van der Waals surface area contributed by atoms with Crippen LogP contribution in [0.25, 0.3) is 0 Å². The molecule has 0 saturated carbocycles. The number of rotatable bonds is 12. The zero-order chi connectivity index (χ0) is 27.1. The van der Waals surface area contributed by atoms with E-state index in [1.54, 1.807) is 19.1 Å². The topological polar surface area (TPSA) is 168 Å². The molecule has 2 aromatic rings. The lowest BCUT2D eigenvalue weighted by Gasteiger charge is -2.38. The maximum absolute atomic E-state index is 10.8. The van der Waals surface area contributed by atoms with Crippen molar-refractivity contribution in [3.05, 3.63) is 47.5 Å². The van der Waals surface area contributed by atoms with E-state index in [1.807, 2.05) is 6.07 Å². The molecule has 0 bridgehead atoms. The summed E-state index contributed by atoms with van der Waals surface area (Å²) in [5.74, 6) is 0.846. The largest absolute Gasteiger partial charge is 0.504 e. The van der Waals surface area contributed by atoms with Crippen LogP contribution in [0.2, 0.25) is 0 Å². The van der Waals surface area contributed by atoms with Crippen molar-refractivity contribution in [2.75, 3.05) is 27.4 Å². The molecule has 7 atom stereocenters. The minimum atomic E-state index is -1.35. The Bertz CT molecular complexity index is 1000. The van der Waals surface area contributed by atoms with Crippen LogP contribution in [0.1, 0.15) is 30.6 Å². The molecule has 6 N–H and O–H groups in total. The zero-order valence-corrected chi connectivity index (χ0v) is 21.1. The Balaban J connectivity index is 1.58. The molecule has 37 heavy (non-hydrogen) atoms. The van der Waals surface area contributed by atoms with Gasteiger partial charge >= 0.3 is 0 Å². The molecule has 0 aliphatic carbocycles. The average Bonchev–Trinajstić information content (AvgIpc) is 2.91. The lowest BCUT2D eigenvalue weighted by Crippen LogP contribution is -2.57. The maximum Gasteiger partial charge on any atom is 0.186 e. The third-order valence-electron chi connectivity index (χ3n) is 6.28. The molecule has 0 amide bonds. The number of phenolic OH excluding ortho intramolecular Hbond substituents is 1. The molecule has 11 heteroatoms. The smallest absolute Gasteiger partial charge is 0.186 e. The highest BCUT2D eigenvalue weighted by molar-refractivity contribution is 5.44. The lowest BCUT2D eigenvalue weighted by atomic mass is 10.00. The number of phenols is 1. The van der Waals surface area contributed by atoms with Gasteiger partial charge in [0, 0.05) is 0 Å². The van der Waals surface area contributed by atoms with Crippen molar-refractivity contribution in [1.29, 1.82) is 0 Å². The third-order valence-corrected chi connectivity index (χ3v) is 6.28. The number of ether oxygens (including phenoxy) is 5. The van der Waals surface area contributed by atoms with E-state index in [-0.39, 0.29) is 18.1 Å². The third kappa shape index (κ3) is 7.02. The molecule has 3 rings (SSSR count). The lowest BCUT2D eigenvalue weighted by molar-refractivity contribution is -0.293. The maximum atomic E-state index is 10.8. The molecule has 206 valence electrons. The molecule has 1 aliphatic rings. The molecule has 0 unspecified atom stereocenters. The first kappa shape index (κ1) is 28.9. The standard InChI is InChI=1S/C26H36O11/c1-14-22(29)24(31)25(32)26(36-14)35-10-4-5-15-6-9-18(20(11-15)34-3)37-21(13-27)23(30)16-7-8-17(28)19(12-16)33-2/h6-9,11-12,14,21-32H,4-5,10,13H2,1-3H3/t14-,21+,22-,23-,24+,25+,26+/m0/s1. The van der Waals surface area contributed by atoms with Crippen LogP contribution in [0.4, 0.5) is 0 Å². The van der Waals surface area contributed by atoms with E-state index in [4.69, 9.17) is 23.7 Å². The van der Waals surface area contributed by atoms with Crippen molar-refractivity contribution in [2.45, 2.75) is 62.7 Å². The van der Waals surface area contributed by atoms with Gasteiger partial charge in [0.05, 0.1) is 33.5 Å². The summed E-state index contributed by atoms with van der Waals surface area (Å²) in [6.45, 7) is 1.35. The molecule has 1 heterocycles. The van der Waals surface area contributed by atoms with Crippen LogP contribution in [0.15, 0.2) is 36.4 Å². The van der Waals surface area contributed by atoms with E-state index in [2.05, 4.69) is 0 Å². The minimum absolute atomic E-state index is 0.0732. The number of aliphatic hydroxyl groups is 5. The molecule has 11 nitrogen and oxygen atoms in total. The monoisotopic (exact) mass is 524 g/mol. The van der Waals surface area contributed by atoms with Crippen molar-refractivity contribution in [3.63, 3.8) is 0 Å². The summed E-state index contributed by atoms with van der Waals surface area (Å²) in [5.41, 5.74) is 1.30. The predicted molar refractivity (Wildman–Crippen MR) is 131 cm³/mol. The van der Waals surface area contributed by atoms with E-state index in [9.17, 15) is 30.6 Å². The summed E-state index contributed by atoms with van der Waals surface area (Å²) in [4.78, 5) is 0. The molecule has 0 aromatic heterocycles. The highest BCUT2D eigenvalue weighted by Gasteiger charge is 2.42. The van der Waals surface area contributed by atoms with E-state index in [0.717, 1.165) is 5.56 Å². The average molecular weight is 525 g/mol. The van der Waals surface area contributed by atoms with Gasteiger partial charge in [-0.2, -0.15) is 0 Å². The van der Waals surface area contributed by atoms with Crippen LogP contribution in [0.3, 0.4) is 0 Å². The summed E-state index contributed by atoms with van der Waals surface area (Å²) in [6.07, 6.45) is -6.63. The van der Waals surface area contributed by atoms with Gasteiger partial charge in [-0.1, -0.05) is 12.1 Å². The second kappa shape index (κ2) is 13.2. The molecule has 1 saturated heterocycles. The first-order valence-corrected chi connectivity index (χ1v) is 12.0. The van der Waals surface area contributed by atoms with Crippen molar-refractivity contribution >= 4 is 0 Å². The van der Waals surface area contributed by atoms with Crippen LogP contribution in [-0.2, 0) is 15.9 Å². The normalized spacial score (nSPS) is 25.4. The van der Waals surface area contributed by atoms with E-state index in [1.165, 1.54) is 32.4 Å². The SMILES string of the molecule is COc1cc([C@H](O)[C@@H](CO)Oc2ccc(CCCO[C@@H]3O[C@@H](C)[C@H](O)[C@@H](O)[C@H]3O)cc2OC)ccc1O. The highest BCUT2D eigenvalue weighted by Crippen LogP contribution is 2.34. The second-order valence-corrected chi connectivity index (χ2v) is 8.86. The van der Waals surface area contributed by atoms with Gasteiger partial charge in [-0.15, -0.1) is 0 Å². The molecule has 2 aromatic carbocycles. The van der Waals surface area contributed by atoms with Crippen LogP contribution in [-0.4, -0.2) is 94.9 Å². The van der Waals surface area contributed by atoms with E-state index >= 15 is 0 Å². The number of aryl methyl sites for hydroxylation is 1. The fraction of sp³-hybridized carbons (Fsp3) is 0.538. The van der Waals surface area contributed by atoms with Gasteiger partial charge < -0.3 is 54.3 Å². The molecule has 1 fully saturated rings. The van der Waals surface area contributed by atoms with Crippen LogP contribution >= 0.6 is 0 Å². The number of hydrogen-bond donors (Lipinski definition) is 6. The summed E-state index contributed by atoms with van der Waals surface area (Å²) in [6, 6.07) is 9.63. The minimum Gasteiger partial charge on any atom is -0.504 e. The predicted octanol–water partition coefficient (Wildman–Crippen LogP) is 0.659. The number of hydrogen-bond acceptors (Lipinski definition) is 11. The first-order chi connectivity index (χ1) is 17.7. The molecule has 0 radical (unpaired) electrons. The molecule has 1 aliphatic heterocycles. The molecular weight excluding hydrogens is 488 g/mol. The number of aromatic hydroxyl groups is 1. The van der Waals surface area contributed by atoms with Crippen molar-refractivity contribution in [1.82, 2.24) is 0 Å². The Hall–Kier alpha value is -2.64. The van der Waals surface area contributed by atoms with Gasteiger partial charge in [0.2, 0.25) is 0 Å². The quantitative estimate of drug-likeness (QED) is 0.216. The zero-order valence-electron chi connectivity index (χ0n) is 21.1. The fourth-order valence-electron chi connectivity index (χ4n) is 4.05.